The summed E-state index contributed by atoms with van der Waals surface area (Å²) in [5.74, 6) is 0. The van der Waals surface area contributed by atoms with Gasteiger partial charge in [0.2, 0.25) is 0 Å². The van der Waals surface area contributed by atoms with E-state index in [1.54, 1.807) is 4.90 Å². The van der Waals surface area contributed by atoms with Crippen LogP contribution < -0.4 is 0 Å². The predicted molar refractivity (Wildman–Crippen MR) is 37.6 cm³/mol. The van der Waals surface area contributed by atoms with Gasteiger partial charge in [-0.05, 0) is 13.8 Å². The maximum Gasteiger partial charge on any atom is 0.284 e. The molecule has 0 aliphatic heterocycles. The van der Waals surface area contributed by atoms with Crippen molar-refractivity contribution in [2.45, 2.75) is 19.9 Å². The van der Waals surface area contributed by atoms with Crippen LogP contribution in [0.25, 0.3) is 0 Å². The number of ether oxygens (including phenoxy) is 1. The lowest BCUT2D eigenvalue weighted by Crippen LogP contribution is -2.33. The second-order valence-electron chi connectivity index (χ2n) is 2.21. The van der Waals surface area contributed by atoms with Crippen molar-refractivity contribution < 1.29 is 4.74 Å². The third-order valence-corrected chi connectivity index (χ3v) is 1.29. The summed E-state index contributed by atoms with van der Waals surface area (Å²) >= 11 is 0. The van der Waals surface area contributed by atoms with Gasteiger partial charge in [-0.1, -0.05) is 0 Å². The first-order valence-electron chi connectivity index (χ1n) is 2.95. The average Bonchev–Trinajstić information content (AvgIpc) is 1.84. The lowest BCUT2D eigenvalue weighted by molar-refractivity contribution is 0.276. The molecule has 0 bridgehead atoms. The second kappa shape index (κ2) is 3.33. The lowest BCUT2D eigenvalue weighted by atomic mass is 10.4. The molecule has 0 fully saturated rings. The van der Waals surface area contributed by atoms with Crippen molar-refractivity contribution >= 4 is 6.02 Å². The summed E-state index contributed by atoms with van der Waals surface area (Å²) in [7, 11) is 3.33. The molecule has 0 saturated heterocycles. The van der Waals surface area contributed by atoms with Crippen molar-refractivity contribution in [1.82, 2.24) is 4.90 Å². The van der Waals surface area contributed by atoms with Crippen LogP contribution in [0.5, 0.6) is 0 Å². The Kier molecular flexibility index (Phi) is 3.06. The first kappa shape index (κ1) is 8.27. The Hall–Kier alpha value is -0.730. The number of nitrogens with one attached hydrogen (secondary N) is 1. The van der Waals surface area contributed by atoms with Gasteiger partial charge in [0.1, 0.15) is 0 Å². The molecule has 0 radical (unpaired) electrons. The quantitative estimate of drug-likeness (QED) is 0.423. The highest BCUT2D eigenvalue weighted by Crippen LogP contribution is 1.93. The highest BCUT2D eigenvalue weighted by Gasteiger charge is 2.05. The highest BCUT2D eigenvalue weighted by molar-refractivity contribution is 5.69. The van der Waals surface area contributed by atoms with Crippen molar-refractivity contribution in [2.24, 2.45) is 0 Å². The molecule has 0 unspecified atom stereocenters. The van der Waals surface area contributed by atoms with Crippen molar-refractivity contribution in [1.29, 1.82) is 5.41 Å². The lowest BCUT2D eigenvalue weighted by Gasteiger charge is -2.21. The molecule has 9 heavy (non-hydrogen) atoms. The van der Waals surface area contributed by atoms with E-state index in [0.717, 1.165) is 0 Å². The van der Waals surface area contributed by atoms with Gasteiger partial charge in [0.15, 0.2) is 0 Å². The maximum absolute atomic E-state index is 7.18. The van der Waals surface area contributed by atoms with Crippen LogP contribution in [0.4, 0.5) is 0 Å². The van der Waals surface area contributed by atoms with Gasteiger partial charge >= 0.3 is 0 Å². The van der Waals surface area contributed by atoms with Crippen LogP contribution in [0.1, 0.15) is 13.8 Å². The molecule has 3 heteroatoms. The Bertz CT molecular complexity index is 101. The van der Waals surface area contributed by atoms with Crippen molar-refractivity contribution in [2.75, 3.05) is 14.2 Å². The zero-order valence-corrected chi connectivity index (χ0v) is 6.43. The molecule has 0 aromatic rings. The fourth-order valence-electron chi connectivity index (χ4n) is 0.379. The van der Waals surface area contributed by atoms with E-state index in [-0.39, 0.29) is 6.02 Å². The minimum absolute atomic E-state index is 0.213. The summed E-state index contributed by atoms with van der Waals surface area (Å²) < 4.78 is 4.68. The first-order chi connectivity index (χ1) is 4.09. The third-order valence-electron chi connectivity index (χ3n) is 1.29. The van der Waals surface area contributed by atoms with Crippen LogP contribution in [0.3, 0.4) is 0 Å². The van der Waals surface area contributed by atoms with Gasteiger partial charge in [-0.25, -0.2) is 0 Å². The third kappa shape index (κ3) is 2.35. The highest BCUT2D eigenvalue weighted by atomic mass is 16.5. The van der Waals surface area contributed by atoms with Crippen molar-refractivity contribution in [3.63, 3.8) is 0 Å². The SMILES string of the molecule is COC(=N)N(C)C(C)C. The van der Waals surface area contributed by atoms with Gasteiger partial charge < -0.3 is 9.64 Å². The number of rotatable bonds is 1. The molecule has 3 nitrogen and oxygen atoms in total. The van der Waals surface area contributed by atoms with Gasteiger partial charge in [0.05, 0.1) is 7.11 Å². The molecule has 54 valence electrons. The van der Waals surface area contributed by atoms with Gasteiger partial charge in [-0.15, -0.1) is 0 Å². The Labute approximate surface area is 56.1 Å². The Balaban J connectivity index is 3.72. The fourth-order valence-corrected chi connectivity index (χ4v) is 0.379. The molecule has 0 aliphatic carbocycles. The number of hydrogen-bond acceptors (Lipinski definition) is 2. The summed E-state index contributed by atoms with van der Waals surface area (Å²) in [6.45, 7) is 4.01. The molecule has 0 heterocycles. The van der Waals surface area contributed by atoms with E-state index in [9.17, 15) is 0 Å². The minimum atomic E-state index is 0.213. The van der Waals surface area contributed by atoms with E-state index in [0.29, 0.717) is 6.04 Å². The monoisotopic (exact) mass is 130 g/mol. The number of nitrogens with zero attached hydrogens (tertiary/aromatic N) is 1. The normalized spacial score (nSPS) is 9.44. The Morgan fingerprint density at radius 1 is 1.56 bits per heavy atom. The summed E-state index contributed by atoms with van der Waals surface area (Å²) in [6, 6.07) is 0.544. The average molecular weight is 130 g/mol. The maximum atomic E-state index is 7.18. The van der Waals surface area contributed by atoms with Crippen LogP contribution in [-0.4, -0.2) is 31.1 Å². The van der Waals surface area contributed by atoms with Gasteiger partial charge in [-0.2, -0.15) is 0 Å². The van der Waals surface area contributed by atoms with Crippen LogP contribution in [0, 0.1) is 5.41 Å². The van der Waals surface area contributed by atoms with Crippen LogP contribution in [0.15, 0.2) is 0 Å². The molecule has 0 spiro atoms. The predicted octanol–water partition coefficient (Wildman–Crippen LogP) is 0.908. The van der Waals surface area contributed by atoms with E-state index in [1.807, 2.05) is 20.9 Å². The summed E-state index contributed by atoms with van der Waals surface area (Å²) in [5.41, 5.74) is 0. The Morgan fingerprint density at radius 2 is 2.00 bits per heavy atom. The molecule has 0 amide bonds. The molecule has 0 aromatic heterocycles. The van der Waals surface area contributed by atoms with Gasteiger partial charge in [-0.3, -0.25) is 5.41 Å². The Morgan fingerprint density at radius 3 is 2.11 bits per heavy atom. The standard InChI is InChI=1S/C6H14N2O/c1-5(2)8(3)6(7)9-4/h5,7H,1-4H3. The number of hydrogen-bond donors (Lipinski definition) is 1. The minimum Gasteiger partial charge on any atom is -0.469 e. The van der Waals surface area contributed by atoms with Gasteiger partial charge in [0, 0.05) is 13.1 Å². The molecular formula is C6H14N2O. The van der Waals surface area contributed by atoms with E-state index in [4.69, 9.17) is 5.41 Å². The molecule has 0 aliphatic rings. The molecule has 0 aromatic carbocycles. The molecule has 0 saturated carbocycles. The summed E-state index contributed by atoms with van der Waals surface area (Å²) in [5, 5.41) is 7.18. The smallest absolute Gasteiger partial charge is 0.284 e. The molecular weight excluding hydrogens is 116 g/mol. The topological polar surface area (TPSA) is 36.3 Å². The van der Waals surface area contributed by atoms with Crippen molar-refractivity contribution in [3.05, 3.63) is 0 Å². The largest absolute Gasteiger partial charge is 0.469 e. The van der Waals surface area contributed by atoms with Crippen molar-refractivity contribution in [3.8, 4) is 0 Å². The molecule has 1 N–H and O–H groups in total. The fraction of sp³-hybridized carbons (Fsp3) is 0.833. The second-order valence-corrected chi connectivity index (χ2v) is 2.21. The molecule has 0 atom stereocenters. The van der Waals surface area contributed by atoms with Crippen LogP contribution in [-0.2, 0) is 4.74 Å². The van der Waals surface area contributed by atoms with E-state index in [1.165, 1.54) is 7.11 Å². The number of methoxy groups -OCH3 is 1. The number of amidine groups is 1. The first-order valence-corrected chi connectivity index (χ1v) is 2.95. The zero-order valence-electron chi connectivity index (χ0n) is 6.43. The van der Waals surface area contributed by atoms with Crippen LogP contribution >= 0.6 is 0 Å². The van der Waals surface area contributed by atoms with Gasteiger partial charge in [0.25, 0.3) is 6.02 Å². The van der Waals surface area contributed by atoms with E-state index < -0.39 is 0 Å². The van der Waals surface area contributed by atoms with E-state index >= 15 is 0 Å². The summed E-state index contributed by atoms with van der Waals surface area (Å²) in [4.78, 5) is 1.75. The zero-order chi connectivity index (χ0) is 7.44. The molecule has 0 rings (SSSR count). The van der Waals surface area contributed by atoms with E-state index in [2.05, 4.69) is 4.74 Å². The van der Waals surface area contributed by atoms with Crippen LogP contribution in [0.2, 0.25) is 0 Å². The summed E-state index contributed by atoms with van der Waals surface area (Å²) in [6.07, 6.45) is 0.